The lowest BCUT2D eigenvalue weighted by Gasteiger charge is -1.98. The van der Waals surface area contributed by atoms with E-state index in [1.807, 2.05) is 20.8 Å². The van der Waals surface area contributed by atoms with Crippen molar-refractivity contribution in [1.82, 2.24) is 14.4 Å². The maximum Gasteiger partial charge on any atom is 0.352 e. The highest BCUT2D eigenvalue weighted by atomic mass is 16.6. The summed E-state index contributed by atoms with van der Waals surface area (Å²) in [7, 11) is 0. The van der Waals surface area contributed by atoms with Crippen LogP contribution in [-0.2, 0) is 6.42 Å². The molecule has 16 heavy (non-hydrogen) atoms. The molecule has 2 aromatic heterocycles. The lowest BCUT2D eigenvalue weighted by Crippen LogP contribution is -1.99. The van der Waals surface area contributed by atoms with Crippen molar-refractivity contribution in [2.24, 2.45) is 0 Å². The van der Waals surface area contributed by atoms with Crippen molar-refractivity contribution in [2.75, 3.05) is 0 Å². The molecule has 0 radical (unpaired) electrons. The molecule has 0 saturated carbocycles. The number of fused-ring (bicyclic) bond motifs is 1. The van der Waals surface area contributed by atoms with Crippen molar-refractivity contribution in [3.05, 3.63) is 33.3 Å². The lowest BCUT2D eigenvalue weighted by molar-refractivity contribution is -0.391. The number of rotatable bonds is 2. The second-order valence-electron chi connectivity index (χ2n) is 3.67. The minimum Gasteiger partial charge on any atom is -0.358 e. The van der Waals surface area contributed by atoms with Crippen LogP contribution < -0.4 is 0 Å². The molecule has 6 nitrogen and oxygen atoms in total. The summed E-state index contributed by atoms with van der Waals surface area (Å²) in [4.78, 5) is 19.0. The Morgan fingerprint density at radius 3 is 2.69 bits per heavy atom. The summed E-state index contributed by atoms with van der Waals surface area (Å²) in [5.41, 5.74) is 2.23. The predicted octanol–water partition coefficient (Wildman–Crippen LogP) is 1.82. The van der Waals surface area contributed by atoms with Gasteiger partial charge >= 0.3 is 11.6 Å². The molecule has 6 heteroatoms. The largest absolute Gasteiger partial charge is 0.358 e. The van der Waals surface area contributed by atoms with E-state index in [0.717, 1.165) is 11.3 Å². The van der Waals surface area contributed by atoms with E-state index < -0.39 is 4.92 Å². The van der Waals surface area contributed by atoms with Crippen molar-refractivity contribution < 1.29 is 4.92 Å². The standard InChI is InChI=1S/C10H12N4O2/c1-4-8-9(14(15)16)13-5-6(2)7(3)11-10(13)12-8/h5H,4H2,1-3H3. The molecular weight excluding hydrogens is 208 g/mol. The van der Waals surface area contributed by atoms with E-state index in [2.05, 4.69) is 9.97 Å². The maximum atomic E-state index is 11.0. The van der Waals surface area contributed by atoms with E-state index >= 15 is 0 Å². The smallest absolute Gasteiger partial charge is 0.352 e. The molecule has 0 aliphatic heterocycles. The topological polar surface area (TPSA) is 73.3 Å². The van der Waals surface area contributed by atoms with Crippen LogP contribution in [0.4, 0.5) is 5.82 Å². The fraction of sp³-hybridized carbons (Fsp3) is 0.400. The van der Waals surface area contributed by atoms with E-state index in [1.165, 1.54) is 4.40 Å². The molecule has 0 saturated heterocycles. The van der Waals surface area contributed by atoms with Gasteiger partial charge in [0.15, 0.2) is 0 Å². The van der Waals surface area contributed by atoms with Crippen molar-refractivity contribution >= 4 is 11.6 Å². The van der Waals surface area contributed by atoms with Gasteiger partial charge in [-0.05, 0) is 25.2 Å². The van der Waals surface area contributed by atoms with Gasteiger partial charge in [-0.3, -0.25) is 0 Å². The Morgan fingerprint density at radius 2 is 2.12 bits per heavy atom. The van der Waals surface area contributed by atoms with Gasteiger partial charge in [-0.15, -0.1) is 0 Å². The number of hydrogen-bond donors (Lipinski definition) is 0. The molecule has 0 aromatic carbocycles. The first kappa shape index (κ1) is 10.5. The average molecular weight is 220 g/mol. The Bertz CT molecular complexity index is 574. The quantitative estimate of drug-likeness (QED) is 0.571. The van der Waals surface area contributed by atoms with Crippen molar-refractivity contribution in [3.63, 3.8) is 0 Å². The Kier molecular flexibility index (Phi) is 2.34. The molecule has 84 valence electrons. The Balaban J connectivity index is 2.84. The van der Waals surface area contributed by atoms with Gasteiger partial charge in [0.2, 0.25) is 0 Å². The van der Waals surface area contributed by atoms with Crippen LogP contribution in [0, 0.1) is 24.0 Å². The Hall–Kier alpha value is -1.98. The van der Waals surface area contributed by atoms with Crippen LogP contribution in [0.1, 0.15) is 23.9 Å². The molecule has 2 rings (SSSR count). The van der Waals surface area contributed by atoms with Crippen LogP contribution >= 0.6 is 0 Å². The lowest BCUT2D eigenvalue weighted by atomic mass is 10.3. The molecule has 0 bridgehead atoms. The van der Waals surface area contributed by atoms with Crippen LogP contribution in [0.25, 0.3) is 5.78 Å². The van der Waals surface area contributed by atoms with Gasteiger partial charge in [0, 0.05) is 5.56 Å². The van der Waals surface area contributed by atoms with Crippen LogP contribution in [0.15, 0.2) is 6.20 Å². The van der Waals surface area contributed by atoms with Crippen LogP contribution in [-0.4, -0.2) is 19.3 Å². The Labute approximate surface area is 92.1 Å². The number of aryl methyl sites for hydroxylation is 3. The first-order valence-electron chi connectivity index (χ1n) is 5.04. The van der Waals surface area contributed by atoms with E-state index in [1.54, 1.807) is 6.20 Å². The molecule has 0 spiro atoms. The third kappa shape index (κ3) is 1.42. The highest BCUT2D eigenvalue weighted by Gasteiger charge is 2.22. The van der Waals surface area contributed by atoms with Crippen molar-refractivity contribution in [2.45, 2.75) is 27.2 Å². The first-order chi connectivity index (χ1) is 7.54. The number of nitro groups is 1. The number of nitrogens with zero attached hydrogens (tertiary/aromatic N) is 4. The zero-order valence-corrected chi connectivity index (χ0v) is 9.39. The molecule has 2 aromatic rings. The Morgan fingerprint density at radius 1 is 1.44 bits per heavy atom. The summed E-state index contributed by atoms with van der Waals surface area (Å²) in [5.74, 6) is 0.416. The third-order valence-electron chi connectivity index (χ3n) is 2.61. The third-order valence-corrected chi connectivity index (χ3v) is 2.61. The van der Waals surface area contributed by atoms with E-state index in [0.29, 0.717) is 17.9 Å². The molecule has 0 atom stereocenters. The summed E-state index contributed by atoms with van der Waals surface area (Å²) in [5, 5.41) is 11.0. The molecule has 0 fully saturated rings. The SMILES string of the molecule is CCc1nc2nc(C)c(C)cn2c1[N+](=O)[O-]. The normalized spacial score (nSPS) is 10.9. The summed E-state index contributed by atoms with van der Waals surface area (Å²) in [6, 6.07) is 0. The summed E-state index contributed by atoms with van der Waals surface area (Å²) in [6.45, 7) is 5.58. The van der Waals surface area contributed by atoms with Crippen molar-refractivity contribution in [1.29, 1.82) is 0 Å². The summed E-state index contributed by atoms with van der Waals surface area (Å²) in [6.07, 6.45) is 2.24. The molecule has 0 N–H and O–H groups in total. The molecular formula is C10H12N4O2. The number of hydrogen-bond acceptors (Lipinski definition) is 4. The molecule has 0 unspecified atom stereocenters. The molecule has 2 heterocycles. The fourth-order valence-electron chi connectivity index (χ4n) is 1.61. The minimum absolute atomic E-state index is 0.0214. The monoisotopic (exact) mass is 220 g/mol. The molecule has 0 amide bonds. The minimum atomic E-state index is -0.407. The maximum absolute atomic E-state index is 11.0. The van der Waals surface area contributed by atoms with Gasteiger partial charge in [0.25, 0.3) is 0 Å². The molecule has 0 aliphatic rings. The van der Waals surface area contributed by atoms with Crippen LogP contribution in [0.5, 0.6) is 0 Å². The highest BCUT2D eigenvalue weighted by Crippen LogP contribution is 2.21. The van der Waals surface area contributed by atoms with E-state index in [4.69, 9.17) is 0 Å². The van der Waals surface area contributed by atoms with Gasteiger partial charge in [0.1, 0.15) is 11.9 Å². The van der Waals surface area contributed by atoms with E-state index in [-0.39, 0.29) is 5.82 Å². The number of aromatic nitrogens is 3. The van der Waals surface area contributed by atoms with E-state index in [9.17, 15) is 10.1 Å². The van der Waals surface area contributed by atoms with Gasteiger partial charge in [-0.1, -0.05) is 6.92 Å². The van der Waals surface area contributed by atoms with Gasteiger partial charge in [-0.25, -0.2) is 0 Å². The van der Waals surface area contributed by atoms with Gasteiger partial charge in [0.05, 0.1) is 5.69 Å². The van der Waals surface area contributed by atoms with Gasteiger partial charge < -0.3 is 10.1 Å². The van der Waals surface area contributed by atoms with Gasteiger partial charge in [-0.2, -0.15) is 14.4 Å². The highest BCUT2D eigenvalue weighted by molar-refractivity contribution is 5.45. The van der Waals surface area contributed by atoms with Crippen LogP contribution in [0.2, 0.25) is 0 Å². The average Bonchev–Trinajstić information content (AvgIpc) is 2.56. The van der Waals surface area contributed by atoms with Crippen molar-refractivity contribution in [3.8, 4) is 0 Å². The predicted molar refractivity (Wildman–Crippen MR) is 58.5 cm³/mol. The zero-order chi connectivity index (χ0) is 11.9. The molecule has 0 aliphatic carbocycles. The second-order valence-corrected chi connectivity index (χ2v) is 3.67. The first-order valence-corrected chi connectivity index (χ1v) is 5.04. The summed E-state index contributed by atoms with van der Waals surface area (Å²) >= 11 is 0. The second kappa shape index (κ2) is 3.55. The fourth-order valence-corrected chi connectivity index (χ4v) is 1.61. The number of imidazole rings is 1. The zero-order valence-electron chi connectivity index (χ0n) is 9.39. The van der Waals surface area contributed by atoms with Crippen LogP contribution in [0.3, 0.4) is 0 Å². The summed E-state index contributed by atoms with van der Waals surface area (Å²) < 4.78 is 1.45.